The van der Waals surface area contributed by atoms with Gasteiger partial charge in [0, 0.05) is 12.0 Å². The molecule has 0 aromatic heterocycles. The van der Waals surface area contributed by atoms with Crippen LogP contribution in [-0.4, -0.2) is 28.3 Å². The van der Waals surface area contributed by atoms with E-state index in [1.54, 1.807) is 0 Å². The van der Waals surface area contributed by atoms with Crippen LogP contribution >= 0.6 is 23.2 Å². The van der Waals surface area contributed by atoms with Gasteiger partial charge < -0.3 is 10.2 Å². The standard InChI is InChI=1S/C8H8Cl2F2O2/c9-7-6(12)4(2-13)5(11)1-8(7,10)3-14/h13-14H,1-3H2. The highest BCUT2D eigenvalue weighted by Gasteiger charge is 2.40. The SMILES string of the molecule is OCC1=C(F)CC(Cl)(CO)C(Cl)=C1F. The first-order chi connectivity index (χ1) is 6.46. The zero-order valence-corrected chi connectivity index (χ0v) is 8.54. The molecule has 0 heterocycles. The average Bonchev–Trinajstić information content (AvgIpc) is 2.15. The molecule has 0 bridgehead atoms. The van der Waals surface area contributed by atoms with Crippen LogP contribution in [0, 0.1) is 0 Å². The number of allylic oxidation sites excluding steroid dienone is 1. The predicted molar refractivity (Wildman–Crippen MR) is 49.5 cm³/mol. The van der Waals surface area contributed by atoms with Crippen LogP contribution in [0.2, 0.25) is 0 Å². The lowest BCUT2D eigenvalue weighted by molar-refractivity contribution is 0.249. The molecule has 6 heteroatoms. The van der Waals surface area contributed by atoms with Gasteiger partial charge in [0.25, 0.3) is 0 Å². The van der Waals surface area contributed by atoms with E-state index in [1.807, 2.05) is 0 Å². The summed E-state index contributed by atoms with van der Waals surface area (Å²) in [6.07, 6.45) is -0.423. The fourth-order valence-electron chi connectivity index (χ4n) is 1.16. The van der Waals surface area contributed by atoms with E-state index in [0.717, 1.165) is 0 Å². The van der Waals surface area contributed by atoms with E-state index < -0.39 is 46.8 Å². The van der Waals surface area contributed by atoms with E-state index in [9.17, 15) is 8.78 Å². The van der Waals surface area contributed by atoms with Crippen molar-refractivity contribution in [3.05, 3.63) is 22.3 Å². The molecular weight excluding hydrogens is 237 g/mol. The molecule has 0 amide bonds. The second kappa shape index (κ2) is 4.14. The molecule has 0 fully saturated rings. The number of hydrogen-bond acceptors (Lipinski definition) is 2. The Morgan fingerprint density at radius 2 is 1.93 bits per heavy atom. The Labute approximate surface area is 89.4 Å². The molecule has 0 radical (unpaired) electrons. The molecule has 80 valence electrons. The summed E-state index contributed by atoms with van der Waals surface area (Å²) in [5.74, 6) is -1.99. The lowest BCUT2D eigenvalue weighted by Gasteiger charge is -2.28. The molecular formula is C8H8Cl2F2O2. The third-order valence-electron chi connectivity index (χ3n) is 2.02. The van der Waals surface area contributed by atoms with Crippen LogP contribution in [0.3, 0.4) is 0 Å². The van der Waals surface area contributed by atoms with Gasteiger partial charge in [-0.05, 0) is 0 Å². The maximum absolute atomic E-state index is 13.3. The van der Waals surface area contributed by atoms with Crippen LogP contribution < -0.4 is 0 Å². The maximum atomic E-state index is 13.3. The van der Waals surface area contributed by atoms with Crippen LogP contribution in [0.25, 0.3) is 0 Å². The first-order valence-electron chi connectivity index (χ1n) is 3.80. The highest BCUT2D eigenvalue weighted by Crippen LogP contribution is 2.44. The summed E-state index contributed by atoms with van der Waals surface area (Å²) in [6.45, 7) is -1.46. The summed E-state index contributed by atoms with van der Waals surface area (Å²) in [7, 11) is 0. The molecule has 0 saturated carbocycles. The second-order valence-electron chi connectivity index (χ2n) is 2.97. The van der Waals surface area contributed by atoms with Gasteiger partial charge in [0.05, 0.1) is 18.2 Å². The van der Waals surface area contributed by atoms with E-state index in [2.05, 4.69) is 0 Å². The minimum absolute atomic E-state index is 0.423. The summed E-state index contributed by atoms with van der Waals surface area (Å²) in [6, 6.07) is 0. The van der Waals surface area contributed by atoms with Crippen molar-refractivity contribution in [2.45, 2.75) is 11.3 Å². The first kappa shape index (κ1) is 11.9. The molecule has 1 aliphatic rings. The Bertz CT molecular complexity index is 314. The quantitative estimate of drug-likeness (QED) is 0.730. The fraction of sp³-hybridized carbons (Fsp3) is 0.500. The number of aliphatic hydroxyl groups excluding tert-OH is 2. The third-order valence-corrected chi connectivity index (χ3v) is 3.09. The smallest absolute Gasteiger partial charge is 0.147 e. The van der Waals surface area contributed by atoms with Crippen LogP contribution in [0.4, 0.5) is 8.78 Å². The summed E-state index contributed by atoms with van der Waals surface area (Å²) in [4.78, 5) is -1.64. The lowest BCUT2D eigenvalue weighted by Crippen LogP contribution is -2.31. The number of aliphatic hydroxyl groups is 2. The molecule has 1 unspecified atom stereocenters. The Morgan fingerprint density at radius 3 is 2.36 bits per heavy atom. The molecule has 1 atom stereocenters. The zero-order chi connectivity index (χ0) is 10.9. The molecule has 14 heavy (non-hydrogen) atoms. The van der Waals surface area contributed by atoms with Gasteiger partial charge in [-0.3, -0.25) is 0 Å². The first-order valence-corrected chi connectivity index (χ1v) is 4.56. The summed E-state index contributed by atoms with van der Waals surface area (Å²) < 4.78 is 26.4. The van der Waals surface area contributed by atoms with Gasteiger partial charge in [-0.1, -0.05) is 11.6 Å². The van der Waals surface area contributed by atoms with Crippen LogP contribution in [0.5, 0.6) is 0 Å². The highest BCUT2D eigenvalue weighted by molar-refractivity contribution is 6.40. The fourth-order valence-corrected chi connectivity index (χ4v) is 1.60. The van der Waals surface area contributed by atoms with Crippen molar-refractivity contribution in [3.8, 4) is 0 Å². The topological polar surface area (TPSA) is 40.5 Å². The van der Waals surface area contributed by atoms with Crippen molar-refractivity contribution >= 4 is 23.2 Å². The summed E-state index contributed by atoms with van der Waals surface area (Å²) in [5.41, 5.74) is -0.500. The van der Waals surface area contributed by atoms with Crippen LogP contribution in [-0.2, 0) is 0 Å². The molecule has 0 aromatic carbocycles. The van der Waals surface area contributed by atoms with Gasteiger partial charge in [0.1, 0.15) is 16.5 Å². The van der Waals surface area contributed by atoms with Crippen molar-refractivity contribution < 1.29 is 19.0 Å². The van der Waals surface area contributed by atoms with Crippen LogP contribution in [0.15, 0.2) is 22.3 Å². The second-order valence-corrected chi connectivity index (χ2v) is 4.07. The van der Waals surface area contributed by atoms with Gasteiger partial charge in [0.15, 0.2) is 0 Å². The van der Waals surface area contributed by atoms with Gasteiger partial charge in [0.2, 0.25) is 0 Å². The zero-order valence-electron chi connectivity index (χ0n) is 7.03. The maximum Gasteiger partial charge on any atom is 0.147 e. The molecule has 0 spiro atoms. The number of alkyl halides is 1. The van der Waals surface area contributed by atoms with Crippen molar-refractivity contribution in [1.29, 1.82) is 0 Å². The number of hydrogen-bond donors (Lipinski definition) is 2. The van der Waals surface area contributed by atoms with E-state index in [0.29, 0.717) is 0 Å². The normalized spacial score (nSPS) is 28.7. The Morgan fingerprint density at radius 1 is 1.36 bits per heavy atom. The Balaban J connectivity index is 3.19. The minimum atomic E-state index is -1.64. The van der Waals surface area contributed by atoms with Crippen molar-refractivity contribution in [2.75, 3.05) is 13.2 Å². The van der Waals surface area contributed by atoms with E-state index in [4.69, 9.17) is 33.4 Å². The van der Waals surface area contributed by atoms with Gasteiger partial charge >= 0.3 is 0 Å². The van der Waals surface area contributed by atoms with E-state index >= 15 is 0 Å². The molecule has 0 aromatic rings. The number of rotatable bonds is 2. The lowest BCUT2D eigenvalue weighted by atomic mass is 9.94. The summed E-state index contributed by atoms with van der Waals surface area (Å²) in [5, 5.41) is 17.0. The molecule has 1 rings (SSSR count). The highest BCUT2D eigenvalue weighted by atomic mass is 35.5. The molecule has 0 aliphatic heterocycles. The van der Waals surface area contributed by atoms with Crippen molar-refractivity contribution in [2.24, 2.45) is 0 Å². The van der Waals surface area contributed by atoms with Crippen molar-refractivity contribution in [1.82, 2.24) is 0 Å². The van der Waals surface area contributed by atoms with Gasteiger partial charge in [-0.2, -0.15) is 0 Å². The predicted octanol–water partition coefficient (Wildman–Crippen LogP) is 2.00. The molecule has 2 nitrogen and oxygen atoms in total. The molecule has 0 saturated heterocycles. The average molecular weight is 245 g/mol. The molecule has 1 aliphatic carbocycles. The largest absolute Gasteiger partial charge is 0.394 e. The Kier molecular flexibility index (Phi) is 3.53. The third kappa shape index (κ3) is 1.80. The minimum Gasteiger partial charge on any atom is -0.394 e. The van der Waals surface area contributed by atoms with Crippen LogP contribution in [0.1, 0.15) is 6.42 Å². The molecule has 2 N–H and O–H groups in total. The van der Waals surface area contributed by atoms with Gasteiger partial charge in [-0.15, -0.1) is 11.6 Å². The summed E-state index contributed by atoms with van der Waals surface area (Å²) >= 11 is 11.2. The van der Waals surface area contributed by atoms with E-state index in [-0.39, 0.29) is 0 Å². The number of halogens is 4. The van der Waals surface area contributed by atoms with E-state index in [1.165, 1.54) is 0 Å². The van der Waals surface area contributed by atoms with Crippen molar-refractivity contribution in [3.63, 3.8) is 0 Å². The Hall–Kier alpha value is -0.160. The van der Waals surface area contributed by atoms with Gasteiger partial charge in [-0.25, -0.2) is 8.78 Å². The monoisotopic (exact) mass is 244 g/mol.